The molecule has 1 aliphatic rings. The number of aromatic nitrogens is 4. The smallest absolute Gasteiger partial charge is 0.234 e. The summed E-state index contributed by atoms with van der Waals surface area (Å²) in [6.07, 6.45) is 1.69. The van der Waals surface area contributed by atoms with Crippen molar-refractivity contribution in [3.8, 4) is 11.5 Å². The number of para-hydroxylation sites is 2. The number of hydrogen-bond acceptors (Lipinski definition) is 6. The van der Waals surface area contributed by atoms with Crippen LogP contribution in [-0.2, 0) is 6.42 Å². The predicted molar refractivity (Wildman–Crippen MR) is 78.0 cm³/mol. The lowest BCUT2D eigenvalue weighted by Crippen LogP contribution is -2.21. The van der Waals surface area contributed by atoms with Crippen LogP contribution in [0.2, 0.25) is 0 Å². The van der Waals surface area contributed by atoms with Crippen LogP contribution >= 0.6 is 11.3 Å². The number of ether oxygens (including phenoxy) is 2. The lowest BCUT2D eigenvalue weighted by atomic mass is 10.3. The summed E-state index contributed by atoms with van der Waals surface area (Å²) in [6.45, 7) is 2.58. The van der Waals surface area contributed by atoms with Gasteiger partial charge in [0, 0.05) is 6.42 Å². The molecule has 0 saturated carbocycles. The highest BCUT2D eigenvalue weighted by molar-refractivity contribution is 7.16. The summed E-state index contributed by atoms with van der Waals surface area (Å²) >= 11 is 1.50. The first-order valence-corrected chi connectivity index (χ1v) is 7.76. The Labute approximate surface area is 125 Å². The zero-order valence-corrected chi connectivity index (χ0v) is 12.3. The molecule has 0 N–H and O–H groups in total. The Balaban J connectivity index is 1.65. The maximum Gasteiger partial charge on any atom is 0.234 e. The Kier molecular flexibility index (Phi) is 2.99. The van der Waals surface area contributed by atoms with E-state index in [4.69, 9.17) is 9.47 Å². The maximum absolute atomic E-state index is 5.98. The van der Waals surface area contributed by atoms with Crippen molar-refractivity contribution < 1.29 is 9.47 Å². The van der Waals surface area contributed by atoms with Gasteiger partial charge in [0.1, 0.15) is 6.61 Å². The van der Waals surface area contributed by atoms with Gasteiger partial charge in [0.2, 0.25) is 4.96 Å². The van der Waals surface area contributed by atoms with E-state index in [0.29, 0.717) is 6.61 Å². The molecular weight excluding hydrogens is 288 g/mol. The van der Waals surface area contributed by atoms with Gasteiger partial charge in [0.15, 0.2) is 28.4 Å². The fourth-order valence-corrected chi connectivity index (χ4v) is 3.19. The first-order chi connectivity index (χ1) is 10.3. The molecule has 7 heteroatoms. The molecule has 3 aromatic rings. The van der Waals surface area contributed by atoms with Gasteiger partial charge in [-0.3, -0.25) is 0 Å². The van der Waals surface area contributed by atoms with Gasteiger partial charge < -0.3 is 9.47 Å². The minimum Gasteiger partial charge on any atom is -0.485 e. The largest absolute Gasteiger partial charge is 0.485 e. The molecule has 0 aliphatic carbocycles. The summed E-state index contributed by atoms with van der Waals surface area (Å²) in [7, 11) is 0. The molecule has 0 fully saturated rings. The molecule has 108 valence electrons. The van der Waals surface area contributed by atoms with Crippen LogP contribution in [0.3, 0.4) is 0 Å². The van der Waals surface area contributed by atoms with Crippen molar-refractivity contribution in [2.24, 2.45) is 0 Å². The Morgan fingerprint density at radius 1 is 1.29 bits per heavy atom. The Morgan fingerprint density at radius 3 is 3.00 bits per heavy atom. The maximum atomic E-state index is 5.98. The number of hydrogen-bond donors (Lipinski definition) is 0. The molecule has 1 aromatic carbocycles. The molecule has 2 aromatic heterocycles. The van der Waals surface area contributed by atoms with E-state index in [1.165, 1.54) is 11.3 Å². The molecule has 1 aliphatic heterocycles. The standard InChI is InChI=1S/C14H14N4O2S/c1-2-5-12-15-16-14-18(12)17-13(21-14)11-8-19-9-6-3-4-7-10(9)20-11/h3-4,6-7,11H,2,5,8H2,1H3. The van der Waals surface area contributed by atoms with E-state index >= 15 is 0 Å². The number of benzene rings is 1. The lowest BCUT2D eigenvalue weighted by Gasteiger charge is -2.24. The third-order valence-electron chi connectivity index (χ3n) is 3.33. The van der Waals surface area contributed by atoms with Crippen molar-refractivity contribution in [1.29, 1.82) is 0 Å². The van der Waals surface area contributed by atoms with Gasteiger partial charge in [-0.15, -0.1) is 10.2 Å². The molecule has 3 heterocycles. The predicted octanol–water partition coefficient (Wildman–Crippen LogP) is 2.65. The molecule has 21 heavy (non-hydrogen) atoms. The van der Waals surface area contributed by atoms with E-state index in [-0.39, 0.29) is 6.10 Å². The van der Waals surface area contributed by atoms with E-state index in [2.05, 4.69) is 22.2 Å². The van der Waals surface area contributed by atoms with Crippen molar-refractivity contribution in [2.45, 2.75) is 25.9 Å². The fraction of sp³-hybridized carbons (Fsp3) is 0.357. The third-order valence-corrected chi connectivity index (χ3v) is 4.32. The van der Waals surface area contributed by atoms with Crippen molar-refractivity contribution in [2.75, 3.05) is 6.61 Å². The highest BCUT2D eigenvalue weighted by Gasteiger charge is 2.26. The van der Waals surface area contributed by atoms with Gasteiger partial charge in [-0.05, 0) is 18.6 Å². The first-order valence-electron chi connectivity index (χ1n) is 6.94. The minimum atomic E-state index is -0.193. The van der Waals surface area contributed by atoms with Crippen molar-refractivity contribution >= 4 is 16.3 Å². The number of nitrogens with zero attached hydrogens (tertiary/aromatic N) is 4. The SMILES string of the molecule is CCCc1nnc2sc(C3COc4ccccc4O3)nn12. The molecule has 0 amide bonds. The van der Waals surface area contributed by atoms with Gasteiger partial charge in [0.05, 0.1) is 0 Å². The van der Waals surface area contributed by atoms with Crippen LogP contribution < -0.4 is 9.47 Å². The van der Waals surface area contributed by atoms with Crippen LogP contribution in [0.4, 0.5) is 0 Å². The van der Waals surface area contributed by atoms with Crippen molar-refractivity contribution in [1.82, 2.24) is 19.8 Å². The topological polar surface area (TPSA) is 61.5 Å². The first kappa shape index (κ1) is 12.6. The van der Waals surface area contributed by atoms with Crippen LogP contribution in [0.15, 0.2) is 24.3 Å². The molecule has 4 rings (SSSR count). The van der Waals surface area contributed by atoms with E-state index < -0.39 is 0 Å². The van der Waals surface area contributed by atoms with Gasteiger partial charge in [0.25, 0.3) is 0 Å². The zero-order valence-electron chi connectivity index (χ0n) is 11.5. The summed E-state index contributed by atoms with van der Waals surface area (Å²) in [5, 5.41) is 13.8. The molecule has 1 atom stereocenters. The van der Waals surface area contributed by atoms with E-state index in [1.807, 2.05) is 28.8 Å². The number of fused-ring (bicyclic) bond motifs is 2. The second-order valence-electron chi connectivity index (χ2n) is 4.87. The molecule has 0 spiro atoms. The Bertz CT molecular complexity index is 782. The van der Waals surface area contributed by atoms with E-state index in [9.17, 15) is 0 Å². The van der Waals surface area contributed by atoms with Gasteiger partial charge in [-0.2, -0.15) is 9.61 Å². The molecular formula is C14H14N4O2S. The molecule has 0 bridgehead atoms. The number of aryl methyl sites for hydroxylation is 1. The summed E-state index contributed by atoms with van der Waals surface area (Å²) < 4.78 is 13.5. The van der Waals surface area contributed by atoms with Crippen LogP contribution in [0.5, 0.6) is 11.5 Å². The second kappa shape index (κ2) is 5.00. The van der Waals surface area contributed by atoms with Crippen molar-refractivity contribution in [3.63, 3.8) is 0 Å². The van der Waals surface area contributed by atoms with Crippen LogP contribution in [0.25, 0.3) is 4.96 Å². The molecule has 1 unspecified atom stereocenters. The van der Waals surface area contributed by atoms with Crippen LogP contribution in [-0.4, -0.2) is 26.4 Å². The normalized spacial score (nSPS) is 17.3. The third kappa shape index (κ3) is 2.13. The Hall–Kier alpha value is -2.15. The average Bonchev–Trinajstić information content (AvgIpc) is 3.09. The Morgan fingerprint density at radius 2 is 2.14 bits per heavy atom. The van der Waals surface area contributed by atoms with Crippen LogP contribution in [0.1, 0.15) is 30.3 Å². The summed E-state index contributed by atoms with van der Waals surface area (Å²) in [5.74, 6) is 2.43. The summed E-state index contributed by atoms with van der Waals surface area (Å²) in [4.78, 5) is 0.802. The summed E-state index contributed by atoms with van der Waals surface area (Å²) in [6, 6.07) is 7.68. The highest BCUT2D eigenvalue weighted by atomic mass is 32.1. The van der Waals surface area contributed by atoms with E-state index in [1.54, 1.807) is 0 Å². The van der Waals surface area contributed by atoms with Gasteiger partial charge in [-0.1, -0.05) is 30.4 Å². The fourth-order valence-electron chi connectivity index (χ4n) is 2.32. The number of rotatable bonds is 3. The quantitative estimate of drug-likeness (QED) is 0.744. The second-order valence-corrected chi connectivity index (χ2v) is 5.85. The van der Waals surface area contributed by atoms with Gasteiger partial charge in [-0.25, -0.2) is 0 Å². The van der Waals surface area contributed by atoms with E-state index in [0.717, 1.165) is 40.1 Å². The summed E-state index contributed by atoms with van der Waals surface area (Å²) in [5.41, 5.74) is 0. The highest BCUT2D eigenvalue weighted by Crippen LogP contribution is 2.36. The monoisotopic (exact) mass is 302 g/mol. The van der Waals surface area contributed by atoms with Gasteiger partial charge >= 0.3 is 0 Å². The molecule has 0 radical (unpaired) electrons. The zero-order chi connectivity index (χ0) is 14.2. The molecule has 6 nitrogen and oxygen atoms in total. The lowest BCUT2D eigenvalue weighted by molar-refractivity contribution is 0.0904. The minimum absolute atomic E-state index is 0.193. The van der Waals surface area contributed by atoms with Crippen LogP contribution in [0, 0.1) is 0 Å². The molecule has 0 saturated heterocycles. The average molecular weight is 302 g/mol. The van der Waals surface area contributed by atoms with Crippen molar-refractivity contribution in [3.05, 3.63) is 35.1 Å².